The summed E-state index contributed by atoms with van der Waals surface area (Å²) < 4.78 is 0. The van der Waals surface area contributed by atoms with E-state index in [4.69, 9.17) is 0 Å². The van der Waals surface area contributed by atoms with Crippen LogP contribution in [0.2, 0.25) is 0 Å². The lowest BCUT2D eigenvalue weighted by molar-refractivity contribution is -0.134. The van der Waals surface area contributed by atoms with Crippen LogP contribution in [0, 0.1) is 5.92 Å². The van der Waals surface area contributed by atoms with Crippen LogP contribution >= 0.6 is 0 Å². The van der Waals surface area contributed by atoms with Crippen LogP contribution in [-0.4, -0.2) is 43.1 Å². The lowest BCUT2D eigenvalue weighted by Crippen LogP contribution is -2.52. The Morgan fingerprint density at radius 1 is 1.30 bits per heavy atom. The molecule has 0 bridgehead atoms. The van der Waals surface area contributed by atoms with Gasteiger partial charge in [0.15, 0.2) is 0 Å². The molecule has 0 saturated carbocycles. The predicted molar refractivity (Wildman–Crippen MR) is 81.8 cm³/mol. The van der Waals surface area contributed by atoms with Crippen LogP contribution in [0.3, 0.4) is 0 Å². The number of piperidine rings is 1. The fourth-order valence-corrected chi connectivity index (χ4v) is 2.73. The summed E-state index contributed by atoms with van der Waals surface area (Å²) in [6, 6.07) is 6.36. The second-order valence-corrected chi connectivity index (χ2v) is 5.83. The summed E-state index contributed by atoms with van der Waals surface area (Å²) in [7, 11) is 0. The van der Waals surface area contributed by atoms with Gasteiger partial charge < -0.3 is 15.0 Å². The maximum absolute atomic E-state index is 12.3. The highest BCUT2D eigenvalue weighted by Crippen LogP contribution is 2.24. The minimum Gasteiger partial charge on any atom is -0.370 e. The molecule has 2 aliphatic rings. The van der Waals surface area contributed by atoms with E-state index in [-0.39, 0.29) is 24.2 Å². The molecule has 2 saturated heterocycles. The van der Waals surface area contributed by atoms with Gasteiger partial charge in [0.25, 0.3) is 5.91 Å². The number of nitrogens with one attached hydrogen (secondary N) is 2. The molecule has 120 valence electrons. The summed E-state index contributed by atoms with van der Waals surface area (Å²) in [6.07, 6.45) is 1.47. The smallest absolute Gasteiger partial charge is 0.252 e. The van der Waals surface area contributed by atoms with E-state index in [1.165, 1.54) is 0 Å². The first-order valence-corrected chi connectivity index (χ1v) is 7.51. The molecule has 23 heavy (non-hydrogen) atoms. The molecule has 1 aromatic carbocycles. The van der Waals surface area contributed by atoms with Crippen LogP contribution < -0.4 is 15.5 Å². The lowest BCUT2D eigenvalue weighted by atomic mass is 10.0. The summed E-state index contributed by atoms with van der Waals surface area (Å²) in [5.74, 6) is -1.09. The Morgan fingerprint density at radius 3 is 2.78 bits per heavy atom. The summed E-state index contributed by atoms with van der Waals surface area (Å²) in [5, 5.41) is 4.86. The van der Waals surface area contributed by atoms with Crippen molar-refractivity contribution in [1.29, 1.82) is 0 Å². The third kappa shape index (κ3) is 3.23. The highest BCUT2D eigenvalue weighted by molar-refractivity contribution is 6.04. The molecule has 2 N–H and O–H groups in total. The van der Waals surface area contributed by atoms with Gasteiger partial charge in [-0.05, 0) is 24.6 Å². The summed E-state index contributed by atoms with van der Waals surface area (Å²) in [5.41, 5.74) is 1.32. The molecule has 0 radical (unpaired) electrons. The molecule has 2 heterocycles. The van der Waals surface area contributed by atoms with Crippen molar-refractivity contribution in [3.05, 3.63) is 29.8 Å². The largest absolute Gasteiger partial charge is 0.370 e. The maximum Gasteiger partial charge on any atom is 0.252 e. The molecule has 2 fully saturated rings. The zero-order chi connectivity index (χ0) is 16.4. The van der Waals surface area contributed by atoms with E-state index in [9.17, 15) is 19.2 Å². The topological polar surface area (TPSA) is 95.6 Å². The number of carbonyl (C=O) groups is 4. The van der Waals surface area contributed by atoms with E-state index in [2.05, 4.69) is 10.6 Å². The number of hydrogen-bond acceptors (Lipinski definition) is 5. The van der Waals surface area contributed by atoms with Crippen LogP contribution in [0.15, 0.2) is 24.3 Å². The van der Waals surface area contributed by atoms with Crippen molar-refractivity contribution in [2.75, 3.05) is 18.0 Å². The van der Waals surface area contributed by atoms with Crippen molar-refractivity contribution in [1.82, 2.24) is 10.6 Å². The van der Waals surface area contributed by atoms with Gasteiger partial charge in [0.1, 0.15) is 12.3 Å². The molecule has 0 aromatic heterocycles. The first kappa shape index (κ1) is 15.2. The number of hydrogen-bond donors (Lipinski definition) is 2. The van der Waals surface area contributed by atoms with E-state index >= 15 is 0 Å². The molecule has 1 atom stereocenters. The number of carbonyl (C=O) groups excluding carboxylic acids is 4. The van der Waals surface area contributed by atoms with Gasteiger partial charge in [-0.25, -0.2) is 0 Å². The minimum absolute atomic E-state index is 0.0518. The number of imide groups is 1. The zero-order valence-electron chi connectivity index (χ0n) is 12.5. The number of aldehydes is 1. The minimum atomic E-state index is -0.688. The number of amides is 3. The Morgan fingerprint density at radius 2 is 2.09 bits per heavy atom. The van der Waals surface area contributed by atoms with Crippen molar-refractivity contribution in [3.8, 4) is 0 Å². The van der Waals surface area contributed by atoms with Crippen LogP contribution in [0.25, 0.3) is 0 Å². The normalized spacial score (nSPS) is 21.4. The molecule has 1 aromatic rings. The van der Waals surface area contributed by atoms with Gasteiger partial charge in [-0.15, -0.1) is 0 Å². The Bertz CT molecular complexity index is 667. The van der Waals surface area contributed by atoms with Gasteiger partial charge in [0.2, 0.25) is 11.8 Å². The first-order chi connectivity index (χ1) is 11.1. The molecule has 3 rings (SSSR count). The SMILES string of the molecule is O=CC1CN(c2cccc(C(=O)NC3CCC(=O)NC3=O)c2)C1. The number of nitrogens with zero attached hydrogens (tertiary/aromatic N) is 1. The van der Waals surface area contributed by atoms with Gasteiger partial charge >= 0.3 is 0 Å². The zero-order valence-corrected chi connectivity index (χ0v) is 12.5. The Balaban J connectivity index is 1.65. The van der Waals surface area contributed by atoms with Crippen molar-refractivity contribution in [2.45, 2.75) is 18.9 Å². The monoisotopic (exact) mass is 315 g/mol. The van der Waals surface area contributed by atoms with E-state index in [0.29, 0.717) is 25.1 Å². The van der Waals surface area contributed by atoms with Crippen LogP contribution in [-0.2, 0) is 14.4 Å². The predicted octanol–water partition coefficient (Wildman–Crippen LogP) is -0.143. The quantitative estimate of drug-likeness (QED) is 0.595. The maximum atomic E-state index is 12.3. The van der Waals surface area contributed by atoms with Crippen molar-refractivity contribution in [2.24, 2.45) is 5.92 Å². The van der Waals surface area contributed by atoms with Gasteiger partial charge in [-0.1, -0.05) is 6.07 Å². The molecular formula is C16H17N3O4. The Hall–Kier alpha value is -2.70. The third-order valence-electron chi connectivity index (χ3n) is 4.12. The Kier molecular flexibility index (Phi) is 4.10. The molecule has 1 unspecified atom stereocenters. The van der Waals surface area contributed by atoms with Crippen molar-refractivity contribution < 1.29 is 19.2 Å². The molecule has 0 spiro atoms. The number of rotatable bonds is 4. The standard InChI is InChI=1S/C16H17N3O4/c20-9-10-7-19(8-10)12-3-1-2-11(6-12)15(22)17-13-4-5-14(21)18-16(13)23/h1-3,6,9-10,13H,4-5,7-8H2,(H,17,22)(H,18,21,23). The summed E-state index contributed by atoms with van der Waals surface area (Å²) in [6.45, 7) is 1.31. The second kappa shape index (κ2) is 6.20. The molecule has 7 heteroatoms. The van der Waals surface area contributed by atoms with Gasteiger partial charge in [0.05, 0.1) is 0 Å². The van der Waals surface area contributed by atoms with E-state index < -0.39 is 11.9 Å². The molecule has 0 aliphatic carbocycles. The fourth-order valence-electron chi connectivity index (χ4n) is 2.73. The van der Waals surface area contributed by atoms with E-state index in [1.54, 1.807) is 18.2 Å². The third-order valence-corrected chi connectivity index (χ3v) is 4.12. The molecule has 3 amide bonds. The van der Waals surface area contributed by atoms with E-state index in [1.807, 2.05) is 11.0 Å². The summed E-state index contributed by atoms with van der Waals surface area (Å²) >= 11 is 0. The summed E-state index contributed by atoms with van der Waals surface area (Å²) in [4.78, 5) is 47.8. The number of anilines is 1. The van der Waals surface area contributed by atoms with Gasteiger partial charge in [-0.2, -0.15) is 0 Å². The van der Waals surface area contributed by atoms with Crippen LogP contribution in [0.4, 0.5) is 5.69 Å². The first-order valence-electron chi connectivity index (χ1n) is 7.51. The highest BCUT2D eigenvalue weighted by Gasteiger charge is 2.29. The average molecular weight is 315 g/mol. The molecule has 7 nitrogen and oxygen atoms in total. The van der Waals surface area contributed by atoms with Gasteiger partial charge in [0, 0.05) is 36.7 Å². The van der Waals surface area contributed by atoms with Crippen molar-refractivity contribution in [3.63, 3.8) is 0 Å². The van der Waals surface area contributed by atoms with Crippen molar-refractivity contribution >= 4 is 29.7 Å². The van der Waals surface area contributed by atoms with E-state index in [0.717, 1.165) is 12.0 Å². The average Bonchev–Trinajstić information content (AvgIpc) is 2.49. The van der Waals surface area contributed by atoms with Crippen LogP contribution in [0.1, 0.15) is 23.2 Å². The molecular weight excluding hydrogens is 298 g/mol. The van der Waals surface area contributed by atoms with Crippen LogP contribution in [0.5, 0.6) is 0 Å². The Labute approximate surface area is 133 Å². The second-order valence-electron chi connectivity index (χ2n) is 5.83. The fraction of sp³-hybridized carbons (Fsp3) is 0.375. The highest BCUT2D eigenvalue weighted by atomic mass is 16.2. The molecule has 2 aliphatic heterocycles. The number of benzene rings is 1. The lowest BCUT2D eigenvalue weighted by Gasteiger charge is -2.38. The van der Waals surface area contributed by atoms with Gasteiger partial charge in [-0.3, -0.25) is 19.7 Å².